The molecule has 0 unspecified atom stereocenters. The third-order valence-electron chi connectivity index (χ3n) is 5.02. The van der Waals surface area contributed by atoms with Crippen LogP contribution in [-0.4, -0.2) is 27.8 Å². The van der Waals surface area contributed by atoms with Crippen molar-refractivity contribution < 1.29 is 9.59 Å². The van der Waals surface area contributed by atoms with E-state index < -0.39 is 0 Å². The number of benzene rings is 2. The maximum Gasteiger partial charge on any atom is 0.319 e. The topological polar surface area (TPSA) is 88.1 Å². The molecule has 0 saturated heterocycles. The Morgan fingerprint density at radius 2 is 1.67 bits per heavy atom. The number of urea groups is 1. The molecule has 3 amide bonds. The van der Waals surface area contributed by atoms with Crippen LogP contribution in [0.25, 0.3) is 0 Å². The summed E-state index contributed by atoms with van der Waals surface area (Å²) in [6.07, 6.45) is 4.41. The van der Waals surface area contributed by atoms with Crippen LogP contribution in [-0.2, 0) is 13.0 Å². The summed E-state index contributed by atoms with van der Waals surface area (Å²) in [6, 6.07) is 17.2. The molecule has 1 saturated carbocycles. The average molecular weight is 403 g/mol. The standard InChI is InChI=1S/C23H25N5O2/c1-2-21-20(14-24-28(21)15-16-6-4-3-5-7-16)22(29)25-17-8-10-18(11-9-17)26-23(30)27-19-12-13-19/h3-11,14,19H,2,12-13,15H2,1H3,(H,25,29)(H2,26,27,30). The van der Waals surface area contributed by atoms with Gasteiger partial charge in [0.05, 0.1) is 24.0 Å². The van der Waals surface area contributed by atoms with Crippen molar-refractivity contribution in [3.8, 4) is 0 Å². The molecule has 1 aliphatic carbocycles. The van der Waals surface area contributed by atoms with Crippen molar-refractivity contribution in [2.45, 2.75) is 38.8 Å². The highest BCUT2D eigenvalue weighted by Gasteiger charge is 2.23. The molecule has 1 aromatic heterocycles. The van der Waals surface area contributed by atoms with Crippen LogP contribution in [0.15, 0.2) is 60.8 Å². The molecule has 154 valence electrons. The molecule has 1 fully saturated rings. The van der Waals surface area contributed by atoms with Gasteiger partial charge in [-0.3, -0.25) is 9.48 Å². The molecule has 0 radical (unpaired) electrons. The Balaban J connectivity index is 1.40. The van der Waals surface area contributed by atoms with E-state index in [1.807, 2.05) is 41.9 Å². The zero-order chi connectivity index (χ0) is 20.9. The lowest BCUT2D eigenvalue weighted by molar-refractivity contribution is 0.102. The van der Waals surface area contributed by atoms with E-state index in [1.54, 1.807) is 30.5 Å². The summed E-state index contributed by atoms with van der Waals surface area (Å²) < 4.78 is 1.87. The number of rotatable bonds is 7. The van der Waals surface area contributed by atoms with Gasteiger partial charge in [-0.1, -0.05) is 37.3 Å². The Hall–Kier alpha value is -3.61. The summed E-state index contributed by atoms with van der Waals surface area (Å²) in [4.78, 5) is 24.6. The van der Waals surface area contributed by atoms with Gasteiger partial charge in [0.25, 0.3) is 5.91 Å². The van der Waals surface area contributed by atoms with Gasteiger partial charge >= 0.3 is 6.03 Å². The van der Waals surface area contributed by atoms with E-state index in [4.69, 9.17) is 0 Å². The molecule has 7 nitrogen and oxygen atoms in total. The third-order valence-corrected chi connectivity index (χ3v) is 5.02. The molecule has 3 aromatic rings. The van der Waals surface area contributed by atoms with Crippen molar-refractivity contribution in [1.82, 2.24) is 15.1 Å². The second-order valence-electron chi connectivity index (χ2n) is 7.41. The lowest BCUT2D eigenvalue weighted by atomic mass is 10.1. The highest BCUT2D eigenvalue weighted by molar-refractivity contribution is 6.05. The van der Waals surface area contributed by atoms with Crippen LogP contribution < -0.4 is 16.0 Å². The molecule has 0 bridgehead atoms. The second kappa shape index (κ2) is 8.82. The summed E-state index contributed by atoms with van der Waals surface area (Å²) in [6.45, 7) is 2.64. The number of carbonyl (C=O) groups is 2. The Bertz CT molecular complexity index is 1020. The molecule has 7 heteroatoms. The Kier molecular flexibility index (Phi) is 5.79. The largest absolute Gasteiger partial charge is 0.335 e. The number of nitrogens with zero attached hydrogens (tertiary/aromatic N) is 2. The van der Waals surface area contributed by atoms with Crippen molar-refractivity contribution >= 4 is 23.3 Å². The van der Waals surface area contributed by atoms with Crippen LogP contribution in [0.1, 0.15) is 41.4 Å². The average Bonchev–Trinajstić information content (AvgIpc) is 3.47. The van der Waals surface area contributed by atoms with Gasteiger partial charge in [0.15, 0.2) is 0 Å². The van der Waals surface area contributed by atoms with Gasteiger partial charge < -0.3 is 16.0 Å². The van der Waals surface area contributed by atoms with Crippen LogP contribution in [0.2, 0.25) is 0 Å². The van der Waals surface area contributed by atoms with Crippen LogP contribution in [0.4, 0.5) is 16.2 Å². The summed E-state index contributed by atoms with van der Waals surface area (Å²) >= 11 is 0. The molecule has 0 atom stereocenters. The third kappa shape index (κ3) is 4.86. The second-order valence-corrected chi connectivity index (χ2v) is 7.41. The van der Waals surface area contributed by atoms with Crippen molar-refractivity contribution in [1.29, 1.82) is 0 Å². The van der Waals surface area contributed by atoms with Gasteiger partial charge in [-0.05, 0) is 49.1 Å². The molecule has 1 aliphatic rings. The fourth-order valence-corrected chi connectivity index (χ4v) is 3.28. The van der Waals surface area contributed by atoms with Crippen molar-refractivity contribution in [3.05, 3.63) is 77.6 Å². The highest BCUT2D eigenvalue weighted by atomic mass is 16.2. The Morgan fingerprint density at radius 3 is 2.30 bits per heavy atom. The van der Waals surface area contributed by atoms with Crippen molar-refractivity contribution in [2.75, 3.05) is 10.6 Å². The Morgan fingerprint density at radius 1 is 1.00 bits per heavy atom. The number of hydrogen-bond donors (Lipinski definition) is 3. The predicted octanol–water partition coefficient (Wildman–Crippen LogP) is 4.03. The molecule has 3 N–H and O–H groups in total. The minimum Gasteiger partial charge on any atom is -0.335 e. The zero-order valence-corrected chi connectivity index (χ0v) is 16.9. The summed E-state index contributed by atoms with van der Waals surface area (Å²) in [7, 11) is 0. The fourth-order valence-electron chi connectivity index (χ4n) is 3.28. The number of nitrogens with one attached hydrogen (secondary N) is 3. The smallest absolute Gasteiger partial charge is 0.319 e. The van der Waals surface area contributed by atoms with E-state index in [9.17, 15) is 9.59 Å². The lowest BCUT2D eigenvalue weighted by Gasteiger charge is -2.10. The normalized spacial score (nSPS) is 13.0. The van der Waals surface area contributed by atoms with E-state index in [0.29, 0.717) is 35.9 Å². The number of hydrogen-bond acceptors (Lipinski definition) is 3. The minimum atomic E-state index is -0.201. The van der Waals surface area contributed by atoms with Gasteiger partial charge in [-0.25, -0.2) is 4.79 Å². The number of carbonyl (C=O) groups excluding carboxylic acids is 2. The van der Waals surface area contributed by atoms with Gasteiger partial charge in [0.2, 0.25) is 0 Å². The van der Waals surface area contributed by atoms with E-state index in [0.717, 1.165) is 24.1 Å². The molecule has 2 aromatic carbocycles. The first-order valence-electron chi connectivity index (χ1n) is 10.2. The van der Waals surface area contributed by atoms with Crippen LogP contribution in [0.5, 0.6) is 0 Å². The predicted molar refractivity (Wildman–Crippen MR) is 117 cm³/mol. The summed E-state index contributed by atoms with van der Waals surface area (Å²) in [5, 5.41) is 13.0. The van der Waals surface area contributed by atoms with Crippen molar-refractivity contribution in [2.24, 2.45) is 0 Å². The monoisotopic (exact) mass is 403 g/mol. The van der Waals surface area contributed by atoms with E-state index >= 15 is 0 Å². The van der Waals surface area contributed by atoms with Gasteiger partial charge in [-0.15, -0.1) is 0 Å². The summed E-state index contributed by atoms with van der Waals surface area (Å²) in [5.41, 5.74) is 3.93. The van der Waals surface area contributed by atoms with E-state index in [1.165, 1.54) is 0 Å². The highest BCUT2D eigenvalue weighted by Crippen LogP contribution is 2.20. The molecule has 4 rings (SSSR count). The van der Waals surface area contributed by atoms with Gasteiger partial charge in [-0.2, -0.15) is 5.10 Å². The van der Waals surface area contributed by atoms with Crippen LogP contribution in [0.3, 0.4) is 0 Å². The maximum absolute atomic E-state index is 12.8. The van der Waals surface area contributed by atoms with Gasteiger partial charge in [0.1, 0.15) is 0 Å². The fraction of sp³-hybridized carbons (Fsp3) is 0.261. The van der Waals surface area contributed by atoms with E-state index in [2.05, 4.69) is 21.0 Å². The first-order chi connectivity index (χ1) is 14.6. The molecule has 0 aliphatic heterocycles. The van der Waals surface area contributed by atoms with Gasteiger partial charge in [0, 0.05) is 17.4 Å². The molecule has 30 heavy (non-hydrogen) atoms. The van der Waals surface area contributed by atoms with Crippen LogP contribution >= 0.6 is 0 Å². The molecular formula is C23H25N5O2. The zero-order valence-electron chi connectivity index (χ0n) is 16.9. The Labute approximate surface area is 175 Å². The SMILES string of the molecule is CCc1c(C(=O)Nc2ccc(NC(=O)NC3CC3)cc2)cnn1Cc1ccccc1. The number of anilines is 2. The number of amides is 3. The quantitative estimate of drug-likeness (QED) is 0.556. The lowest BCUT2D eigenvalue weighted by Crippen LogP contribution is -2.30. The number of aromatic nitrogens is 2. The van der Waals surface area contributed by atoms with Crippen molar-refractivity contribution in [3.63, 3.8) is 0 Å². The minimum absolute atomic E-state index is 0.196. The molecule has 0 spiro atoms. The van der Waals surface area contributed by atoms with E-state index in [-0.39, 0.29) is 11.9 Å². The maximum atomic E-state index is 12.8. The molecular weight excluding hydrogens is 378 g/mol. The summed E-state index contributed by atoms with van der Waals surface area (Å²) in [5.74, 6) is -0.196. The molecule has 1 heterocycles. The first kappa shape index (κ1) is 19.7. The van der Waals surface area contributed by atoms with Crippen LogP contribution in [0, 0.1) is 0 Å². The first-order valence-corrected chi connectivity index (χ1v) is 10.2.